The molecule has 0 saturated carbocycles. The Labute approximate surface area is 140 Å². The minimum atomic E-state index is -0.0913. The summed E-state index contributed by atoms with van der Waals surface area (Å²) in [7, 11) is 0. The molecular weight excluding hydrogens is 304 g/mol. The molecule has 1 aromatic heterocycles. The molecular formula is C18H18N4O2. The zero-order valence-corrected chi connectivity index (χ0v) is 13.3. The van der Waals surface area contributed by atoms with Gasteiger partial charge in [-0.3, -0.25) is 14.6 Å². The third kappa shape index (κ3) is 3.84. The quantitative estimate of drug-likeness (QED) is 0.904. The molecule has 2 heterocycles. The number of hydrazone groups is 1. The average molecular weight is 322 g/mol. The third-order valence-corrected chi connectivity index (χ3v) is 3.81. The summed E-state index contributed by atoms with van der Waals surface area (Å²) in [6.07, 6.45) is 4.07. The number of anilines is 1. The number of carbonyl (C=O) groups is 2. The number of amides is 2. The fourth-order valence-corrected chi connectivity index (χ4v) is 2.62. The molecule has 122 valence electrons. The number of nitrogens with zero attached hydrogens (tertiary/aromatic N) is 2. The predicted molar refractivity (Wildman–Crippen MR) is 91.5 cm³/mol. The van der Waals surface area contributed by atoms with E-state index in [2.05, 4.69) is 20.8 Å². The minimum absolute atomic E-state index is 0.0643. The summed E-state index contributed by atoms with van der Waals surface area (Å²) < 4.78 is 0. The van der Waals surface area contributed by atoms with Crippen LogP contribution in [0.3, 0.4) is 0 Å². The van der Waals surface area contributed by atoms with Gasteiger partial charge in [0.1, 0.15) is 0 Å². The van der Waals surface area contributed by atoms with Crippen molar-refractivity contribution in [1.82, 2.24) is 10.4 Å². The molecule has 1 unspecified atom stereocenters. The van der Waals surface area contributed by atoms with E-state index < -0.39 is 0 Å². The zero-order chi connectivity index (χ0) is 16.9. The van der Waals surface area contributed by atoms with Crippen LogP contribution in [0.4, 0.5) is 5.69 Å². The molecule has 0 saturated heterocycles. The van der Waals surface area contributed by atoms with Crippen LogP contribution in [0.5, 0.6) is 0 Å². The molecule has 3 rings (SSSR count). The van der Waals surface area contributed by atoms with Gasteiger partial charge in [-0.25, -0.2) is 5.43 Å². The fourth-order valence-electron chi connectivity index (χ4n) is 2.62. The van der Waals surface area contributed by atoms with Gasteiger partial charge in [0.05, 0.1) is 12.1 Å². The van der Waals surface area contributed by atoms with Crippen molar-refractivity contribution in [3.63, 3.8) is 0 Å². The fraction of sp³-hybridized carbons (Fsp3) is 0.222. The summed E-state index contributed by atoms with van der Waals surface area (Å²) in [5.74, 6) is -0.0818. The van der Waals surface area contributed by atoms with Crippen molar-refractivity contribution in [3.05, 3.63) is 59.9 Å². The van der Waals surface area contributed by atoms with Crippen molar-refractivity contribution in [2.24, 2.45) is 11.0 Å². The number of hydrogen-bond donors (Lipinski definition) is 2. The Morgan fingerprint density at radius 3 is 2.75 bits per heavy atom. The zero-order valence-electron chi connectivity index (χ0n) is 13.3. The topological polar surface area (TPSA) is 83.5 Å². The maximum atomic E-state index is 12.0. The summed E-state index contributed by atoms with van der Waals surface area (Å²) in [6, 6.07) is 11.1. The second-order valence-corrected chi connectivity index (χ2v) is 5.80. The van der Waals surface area contributed by atoms with Crippen LogP contribution in [0.25, 0.3) is 0 Å². The first kappa shape index (κ1) is 15.9. The van der Waals surface area contributed by atoms with Gasteiger partial charge < -0.3 is 5.32 Å². The molecule has 0 fully saturated rings. The van der Waals surface area contributed by atoms with Crippen LogP contribution in [0.15, 0.2) is 53.9 Å². The normalized spacial score (nSPS) is 17.0. The van der Waals surface area contributed by atoms with E-state index in [0.717, 1.165) is 22.5 Å². The summed E-state index contributed by atoms with van der Waals surface area (Å²) in [5, 5.41) is 6.99. The Morgan fingerprint density at radius 2 is 2.08 bits per heavy atom. The number of aromatic nitrogens is 1. The van der Waals surface area contributed by atoms with E-state index in [9.17, 15) is 9.59 Å². The van der Waals surface area contributed by atoms with E-state index in [1.165, 1.54) is 0 Å². The van der Waals surface area contributed by atoms with Crippen LogP contribution in [-0.2, 0) is 16.0 Å². The lowest BCUT2D eigenvalue weighted by atomic mass is 9.94. The maximum absolute atomic E-state index is 12.0. The van der Waals surface area contributed by atoms with E-state index in [0.29, 0.717) is 6.42 Å². The van der Waals surface area contributed by atoms with Crippen molar-refractivity contribution >= 4 is 23.2 Å². The van der Waals surface area contributed by atoms with Gasteiger partial charge in [0.2, 0.25) is 11.8 Å². The molecule has 0 spiro atoms. The highest BCUT2D eigenvalue weighted by Crippen LogP contribution is 2.18. The molecule has 1 aliphatic heterocycles. The lowest BCUT2D eigenvalue weighted by Crippen LogP contribution is -2.31. The van der Waals surface area contributed by atoms with Crippen molar-refractivity contribution in [3.8, 4) is 0 Å². The SMILES string of the molecule is CC1CC(=O)NN=C1c1ccc(NC(=O)Cc2cccnc2)cc1. The van der Waals surface area contributed by atoms with E-state index in [-0.39, 0.29) is 24.2 Å². The van der Waals surface area contributed by atoms with Gasteiger partial charge >= 0.3 is 0 Å². The highest BCUT2D eigenvalue weighted by Gasteiger charge is 2.21. The Balaban J connectivity index is 1.64. The van der Waals surface area contributed by atoms with Gasteiger partial charge in [-0.2, -0.15) is 5.10 Å². The van der Waals surface area contributed by atoms with Crippen LogP contribution in [0, 0.1) is 5.92 Å². The highest BCUT2D eigenvalue weighted by molar-refractivity contribution is 6.06. The van der Waals surface area contributed by atoms with Gasteiger partial charge in [0, 0.05) is 30.4 Å². The molecule has 1 atom stereocenters. The lowest BCUT2D eigenvalue weighted by molar-refractivity contribution is -0.122. The highest BCUT2D eigenvalue weighted by atomic mass is 16.2. The molecule has 24 heavy (non-hydrogen) atoms. The second-order valence-electron chi connectivity index (χ2n) is 5.80. The monoisotopic (exact) mass is 322 g/mol. The minimum Gasteiger partial charge on any atom is -0.326 e. The number of carbonyl (C=O) groups excluding carboxylic acids is 2. The third-order valence-electron chi connectivity index (χ3n) is 3.81. The van der Waals surface area contributed by atoms with E-state index >= 15 is 0 Å². The first-order valence-corrected chi connectivity index (χ1v) is 7.77. The summed E-state index contributed by atoms with van der Waals surface area (Å²) in [6.45, 7) is 1.97. The van der Waals surface area contributed by atoms with Gasteiger partial charge in [-0.15, -0.1) is 0 Å². The van der Waals surface area contributed by atoms with Gasteiger partial charge in [0.25, 0.3) is 0 Å². The summed E-state index contributed by atoms with van der Waals surface area (Å²) in [4.78, 5) is 27.3. The average Bonchev–Trinajstić information content (AvgIpc) is 2.57. The first-order valence-electron chi connectivity index (χ1n) is 7.77. The Morgan fingerprint density at radius 1 is 1.29 bits per heavy atom. The van der Waals surface area contributed by atoms with Crippen LogP contribution < -0.4 is 10.7 Å². The molecule has 0 bridgehead atoms. The van der Waals surface area contributed by atoms with Crippen LogP contribution in [0.1, 0.15) is 24.5 Å². The van der Waals surface area contributed by atoms with Crippen LogP contribution >= 0.6 is 0 Å². The Kier molecular flexibility index (Phi) is 4.65. The molecule has 6 nitrogen and oxygen atoms in total. The van der Waals surface area contributed by atoms with Crippen molar-refractivity contribution in [2.45, 2.75) is 19.8 Å². The largest absolute Gasteiger partial charge is 0.326 e. The van der Waals surface area contributed by atoms with Gasteiger partial charge in [0.15, 0.2) is 0 Å². The second kappa shape index (κ2) is 7.04. The van der Waals surface area contributed by atoms with Crippen molar-refractivity contribution in [1.29, 1.82) is 0 Å². The molecule has 6 heteroatoms. The smallest absolute Gasteiger partial charge is 0.240 e. The molecule has 1 aromatic carbocycles. The Bertz CT molecular complexity index is 769. The molecule has 2 amide bonds. The summed E-state index contributed by atoms with van der Waals surface area (Å²) >= 11 is 0. The van der Waals surface area contributed by atoms with Crippen LogP contribution in [-0.4, -0.2) is 22.5 Å². The Hall–Kier alpha value is -3.02. The maximum Gasteiger partial charge on any atom is 0.240 e. The lowest BCUT2D eigenvalue weighted by Gasteiger charge is -2.19. The standard InChI is InChI=1S/C18H18N4O2/c1-12-9-17(24)21-22-18(12)14-4-6-15(7-5-14)20-16(23)10-13-3-2-8-19-11-13/h2-8,11-12H,9-10H2,1H3,(H,20,23)(H,21,24). The van der Waals surface area contributed by atoms with E-state index in [1.807, 2.05) is 43.3 Å². The number of benzene rings is 1. The van der Waals surface area contributed by atoms with Gasteiger partial charge in [-0.1, -0.05) is 25.1 Å². The van der Waals surface area contributed by atoms with Crippen LogP contribution in [0.2, 0.25) is 0 Å². The number of rotatable bonds is 4. The number of nitrogens with one attached hydrogen (secondary N) is 2. The van der Waals surface area contributed by atoms with Crippen molar-refractivity contribution < 1.29 is 9.59 Å². The first-order chi connectivity index (χ1) is 11.6. The molecule has 1 aliphatic rings. The summed E-state index contributed by atoms with van der Waals surface area (Å²) in [5.41, 5.74) is 5.89. The van der Waals surface area contributed by atoms with Crippen molar-refractivity contribution in [2.75, 3.05) is 5.32 Å². The number of pyridine rings is 1. The molecule has 2 N–H and O–H groups in total. The predicted octanol–water partition coefficient (Wildman–Crippen LogP) is 2.12. The molecule has 0 radical (unpaired) electrons. The van der Waals surface area contributed by atoms with Gasteiger partial charge in [-0.05, 0) is 29.3 Å². The molecule has 0 aliphatic carbocycles. The molecule has 2 aromatic rings. The number of hydrogen-bond acceptors (Lipinski definition) is 4. The van der Waals surface area contributed by atoms with E-state index in [4.69, 9.17) is 0 Å². The van der Waals surface area contributed by atoms with E-state index in [1.54, 1.807) is 12.4 Å².